The topological polar surface area (TPSA) is 49.2 Å². The maximum absolute atomic E-state index is 9.25. The first-order valence-electron chi connectivity index (χ1n) is 4.74. The van der Waals surface area contributed by atoms with Crippen LogP contribution < -0.4 is 4.90 Å². The van der Waals surface area contributed by atoms with Crippen molar-refractivity contribution in [3.05, 3.63) is 17.5 Å². The van der Waals surface area contributed by atoms with Gasteiger partial charge in [0.25, 0.3) is 0 Å². The number of hydrogen-bond donors (Lipinski definition) is 1. The quantitative estimate of drug-likeness (QED) is 0.844. The van der Waals surface area contributed by atoms with Crippen LogP contribution >= 0.6 is 23.4 Å². The minimum Gasteiger partial charge on any atom is -0.394 e. The lowest BCUT2D eigenvalue weighted by Gasteiger charge is -2.34. The number of aromatic nitrogens is 2. The summed E-state index contributed by atoms with van der Waals surface area (Å²) in [5.41, 5.74) is 0. The zero-order chi connectivity index (χ0) is 10.7. The highest BCUT2D eigenvalue weighted by Gasteiger charge is 2.23. The average molecular weight is 246 g/mol. The lowest BCUT2D eigenvalue weighted by atomic mass is 10.3. The van der Waals surface area contributed by atoms with Crippen LogP contribution in [-0.2, 0) is 0 Å². The molecule has 82 valence electrons. The van der Waals surface area contributed by atoms with Crippen molar-refractivity contribution in [3.8, 4) is 0 Å². The average Bonchev–Trinajstić information content (AvgIpc) is 2.30. The Balaban J connectivity index is 2.16. The number of thioether (sulfide) groups is 1. The van der Waals surface area contributed by atoms with Crippen molar-refractivity contribution in [1.29, 1.82) is 0 Å². The molecular formula is C9H12ClN3OS. The van der Waals surface area contributed by atoms with E-state index >= 15 is 0 Å². The van der Waals surface area contributed by atoms with Gasteiger partial charge in [-0.15, -0.1) is 0 Å². The summed E-state index contributed by atoms with van der Waals surface area (Å²) in [6.07, 6.45) is 3.19. The first-order valence-corrected chi connectivity index (χ1v) is 6.27. The molecule has 0 spiro atoms. The van der Waals surface area contributed by atoms with E-state index in [1.165, 1.54) is 6.20 Å². The van der Waals surface area contributed by atoms with Gasteiger partial charge in [-0.1, -0.05) is 11.6 Å². The molecule has 0 aliphatic carbocycles. The molecule has 6 heteroatoms. The van der Waals surface area contributed by atoms with Gasteiger partial charge in [0.2, 0.25) is 0 Å². The molecule has 0 saturated carbocycles. The van der Waals surface area contributed by atoms with E-state index in [0.717, 1.165) is 23.9 Å². The summed E-state index contributed by atoms with van der Waals surface area (Å²) in [6.45, 7) is 1.05. The van der Waals surface area contributed by atoms with Crippen molar-refractivity contribution in [2.24, 2.45) is 0 Å². The lowest BCUT2D eigenvalue weighted by molar-refractivity contribution is 0.268. The Bertz CT molecular complexity index is 322. The third-order valence-electron chi connectivity index (χ3n) is 2.34. The molecule has 15 heavy (non-hydrogen) atoms. The van der Waals surface area contributed by atoms with Crippen molar-refractivity contribution >= 4 is 29.2 Å². The lowest BCUT2D eigenvalue weighted by Crippen LogP contribution is -2.45. The van der Waals surface area contributed by atoms with Crippen LogP contribution in [0.5, 0.6) is 0 Å². The maximum atomic E-state index is 9.25. The highest BCUT2D eigenvalue weighted by Crippen LogP contribution is 2.21. The van der Waals surface area contributed by atoms with Crippen molar-refractivity contribution in [2.75, 3.05) is 29.6 Å². The molecule has 0 aromatic carbocycles. The summed E-state index contributed by atoms with van der Waals surface area (Å²) in [5, 5.41) is 9.64. The van der Waals surface area contributed by atoms with Gasteiger partial charge in [-0.2, -0.15) is 11.8 Å². The Morgan fingerprint density at radius 1 is 1.53 bits per heavy atom. The van der Waals surface area contributed by atoms with Crippen molar-refractivity contribution in [3.63, 3.8) is 0 Å². The van der Waals surface area contributed by atoms with Gasteiger partial charge in [-0.25, -0.2) is 9.97 Å². The Morgan fingerprint density at radius 3 is 3.07 bits per heavy atom. The maximum Gasteiger partial charge on any atom is 0.147 e. The van der Waals surface area contributed by atoms with Crippen LogP contribution in [-0.4, -0.2) is 45.8 Å². The molecule has 4 nitrogen and oxygen atoms in total. The normalized spacial score (nSPS) is 21.7. The smallest absolute Gasteiger partial charge is 0.147 e. The summed E-state index contributed by atoms with van der Waals surface area (Å²) in [5.74, 6) is 2.78. The van der Waals surface area contributed by atoms with E-state index in [0.29, 0.717) is 5.15 Å². The fourth-order valence-electron chi connectivity index (χ4n) is 1.56. The first-order chi connectivity index (χ1) is 7.31. The molecule has 1 aromatic rings. The molecule has 0 radical (unpaired) electrons. The summed E-state index contributed by atoms with van der Waals surface area (Å²) in [4.78, 5) is 10.3. The van der Waals surface area contributed by atoms with Crippen LogP contribution in [0.25, 0.3) is 0 Å². The summed E-state index contributed by atoms with van der Waals surface area (Å²) in [7, 11) is 0. The molecule has 1 aromatic heterocycles. The van der Waals surface area contributed by atoms with Crippen molar-refractivity contribution in [2.45, 2.75) is 6.04 Å². The van der Waals surface area contributed by atoms with Gasteiger partial charge in [0.1, 0.15) is 11.0 Å². The highest BCUT2D eigenvalue weighted by atomic mass is 35.5. The Hall–Kier alpha value is -0.520. The van der Waals surface area contributed by atoms with Crippen LogP contribution in [0.4, 0.5) is 5.82 Å². The molecule has 1 fully saturated rings. The number of nitrogens with zero attached hydrogens (tertiary/aromatic N) is 3. The van der Waals surface area contributed by atoms with E-state index in [1.807, 2.05) is 11.8 Å². The van der Waals surface area contributed by atoms with Gasteiger partial charge in [0.05, 0.1) is 25.0 Å². The third-order valence-corrected chi connectivity index (χ3v) is 3.63. The number of rotatable bonds is 2. The van der Waals surface area contributed by atoms with Gasteiger partial charge in [0, 0.05) is 18.1 Å². The van der Waals surface area contributed by atoms with Crippen LogP contribution in [0.1, 0.15) is 0 Å². The van der Waals surface area contributed by atoms with Gasteiger partial charge in [0.15, 0.2) is 0 Å². The highest BCUT2D eigenvalue weighted by molar-refractivity contribution is 7.99. The first kappa shape index (κ1) is 11.0. The van der Waals surface area contributed by atoms with E-state index in [-0.39, 0.29) is 12.6 Å². The molecule has 1 aliphatic rings. The Labute approximate surface area is 97.7 Å². The van der Waals surface area contributed by atoms with Crippen LogP contribution in [0.3, 0.4) is 0 Å². The van der Waals surface area contributed by atoms with E-state index in [1.54, 1.807) is 6.20 Å². The zero-order valence-electron chi connectivity index (χ0n) is 8.14. The molecule has 2 heterocycles. The zero-order valence-corrected chi connectivity index (χ0v) is 9.71. The molecule has 1 saturated heterocycles. The second kappa shape index (κ2) is 5.01. The van der Waals surface area contributed by atoms with E-state index in [4.69, 9.17) is 11.6 Å². The van der Waals surface area contributed by atoms with Crippen LogP contribution in [0.2, 0.25) is 5.15 Å². The molecular weight excluding hydrogens is 234 g/mol. The molecule has 1 aliphatic heterocycles. The molecule has 2 rings (SSSR count). The van der Waals surface area contributed by atoms with Gasteiger partial charge < -0.3 is 10.0 Å². The third kappa shape index (κ3) is 2.53. The molecule has 1 unspecified atom stereocenters. The minimum absolute atomic E-state index is 0.138. The van der Waals surface area contributed by atoms with Gasteiger partial charge in [-0.3, -0.25) is 0 Å². The second-order valence-corrected chi connectivity index (χ2v) is 4.84. The SMILES string of the molecule is OCC1CSCCN1c1cnc(Cl)cn1. The fourth-order valence-corrected chi connectivity index (χ4v) is 2.71. The minimum atomic E-state index is 0.138. The largest absolute Gasteiger partial charge is 0.394 e. The van der Waals surface area contributed by atoms with E-state index < -0.39 is 0 Å². The predicted octanol–water partition coefficient (Wildman–Crippen LogP) is 1.04. The number of halogens is 1. The number of aliphatic hydroxyl groups is 1. The summed E-state index contributed by atoms with van der Waals surface area (Å²) in [6, 6.07) is 0.138. The van der Waals surface area contributed by atoms with Crippen molar-refractivity contribution in [1.82, 2.24) is 9.97 Å². The predicted molar refractivity (Wildman–Crippen MR) is 62.6 cm³/mol. The number of hydrogen-bond acceptors (Lipinski definition) is 5. The van der Waals surface area contributed by atoms with E-state index in [9.17, 15) is 5.11 Å². The monoisotopic (exact) mass is 245 g/mol. The molecule has 1 atom stereocenters. The fraction of sp³-hybridized carbons (Fsp3) is 0.556. The molecule has 0 bridgehead atoms. The Morgan fingerprint density at radius 2 is 2.40 bits per heavy atom. The van der Waals surface area contributed by atoms with Crippen LogP contribution in [0, 0.1) is 0 Å². The summed E-state index contributed by atoms with van der Waals surface area (Å²) >= 11 is 7.53. The standard InChI is InChI=1S/C9H12ClN3OS/c10-8-3-12-9(4-11-8)13-1-2-15-6-7(13)5-14/h3-4,7,14H,1-2,5-6H2. The molecule has 1 N–H and O–H groups in total. The van der Waals surface area contributed by atoms with Crippen molar-refractivity contribution < 1.29 is 5.11 Å². The van der Waals surface area contributed by atoms with Crippen LogP contribution in [0.15, 0.2) is 12.4 Å². The van der Waals surface area contributed by atoms with E-state index in [2.05, 4.69) is 14.9 Å². The Kier molecular flexibility index (Phi) is 3.66. The summed E-state index contributed by atoms with van der Waals surface area (Å²) < 4.78 is 0. The second-order valence-electron chi connectivity index (χ2n) is 3.30. The van der Waals surface area contributed by atoms with Gasteiger partial charge >= 0.3 is 0 Å². The number of anilines is 1. The number of aliphatic hydroxyl groups excluding tert-OH is 1. The van der Waals surface area contributed by atoms with Gasteiger partial charge in [-0.05, 0) is 0 Å². The molecule has 0 amide bonds.